The van der Waals surface area contributed by atoms with E-state index in [9.17, 15) is 4.79 Å². The van der Waals surface area contributed by atoms with Crippen molar-refractivity contribution in [3.8, 4) is 0 Å². The van der Waals surface area contributed by atoms with Crippen LogP contribution < -0.4 is 4.90 Å². The summed E-state index contributed by atoms with van der Waals surface area (Å²) in [6.45, 7) is 5.98. The predicted molar refractivity (Wildman–Crippen MR) is 118 cm³/mol. The van der Waals surface area contributed by atoms with Gasteiger partial charge in [-0.3, -0.25) is 4.90 Å². The van der Waals surface area contributed by atoms with Gasteiger partial charge in [-0.05, 0) is 25.1 Å². The molecule has 1 aliphatic rings. The fraction of sp³-hybridized carbons (Fsp3) is 0.273. The van der Waals surface area contributed by atoms with Gasteiger partial charge in [0.25, 0.3) is 0 Å². The van der Waals surface area contributed by atoms with Gasteiger partial charge >= 0.3 is 0 Å². The molecule has 5 heteroatoms. The van der Waals surface area contributed by atoms with Gasteiger partial charge < -0.3 is 4.90 Å². The lowest BCUT2D eigenvalue weighted by molar-refractivity contribution is 0.233. The minimum absolute atomic E-state index is 0. The Labute approximate surface area is 170 Å². The van der Waals surface area contributed by atoms with Crippen molar-refractivity contribution < 1.29 is 4.79 Å². The molecule has 0 spiro atoms. The first-order valence-electron chi connectivity index (χ1n) is 9.03. The number of hydrogen-bond donors (Lipinski definition) is 0. The maximum absolute atomic E-state index is 11.8. The van der Waals surface area contributed by atoms with Gasteiger partial charge in [-0.25, -0.2) is 4.79 Å². The number of carbonyl (C=O) groups excluding carboxylic acids is 1. The molecule has 1 atom stereocenters. The number of hydrogen-bond acceptors (Lipinski definition) is 4. The van der Waals surface area contributed by atoms with E-state index < -0.39 is 0 Å². The second kappa shape index (κ2) is 8.73. The van der Waals surface area contributed by atoms with Gasteiger partial charge in [0.2, 0.25) is 0 Å². The number of piperazine rings is 1. The summed E-state index contributed by atoms with van der Waals surface area (Å²) in [4.78, 5) is 16.6. The van der Waals surface area contributed by atoms with Crippen molar-refractivity contribution in [1.82, 2.24) is 4.90 Å². The third-order valence-electron chi connectivity index (χ3n) is 5.28. The van der Waals surface area contributed by atoms with Crippen LogP contribution in [0.15, 0.2) is 60.0 Å². The average molecular weight is 399 g/mol. The zero-order valence-electron chi connectivity index (χ0n) is 15.3. The van der Waals surface area contributed by atoms with E-state index in [-0.39, 0.29) is 18.4 Å². The Balaban J connectivity index is 0.00000210. The highest BCUT2D eigenvalue weighted by Crippen LogP contribution is 2.32. The Bertz CT molecular complexity index is 941. The van der Waals surface area contributed by atoms with E-state index in [4.69, 9.17) is 0 Å². The van der Waals surface area contributed by atoms with Crippen LogP contribution in [0.5, 0.6) is 0 Å². The minimum atomic E-state index is 0. The zero-order chi connectivity index (χ0) is 17.9. The van der Waals surface area contributed by atoms with Gasteiger partial charge in [0.1, 0.15) is 5.94 Å². The molecule has 27 heavy (non-hydrogen) atoms. The van der Waals surface area contributed by atoms with Crippen LogP contribution in [0.4, 0.5) is 5.69 Å². The summed E-state index contributed by atoms with van der Waals surface area (Å²) in [5, 5.41) is 3.26. The summed E-state index contributed by atoms with van der Waals surface area (Å²) in [5.41, 5.74) is 3.09. The van der Waals surface area contributed by atoms with E-state index in [0.717, 1.165) is 42.7 Å². The smallest absolute Gasteiger partial charge is 0.130 e. The Morgan fingerprint density at radius 3 is 2.37 bits per heavy atom. The summed E-state index contributed by atoms with van der Waals surface area (Å²) in [6.07, 6.45) is 0. The molecule has 0 aliphatic carbocycles. The molecule has 4 rings (SSSR count). The molecule has 1 aliphatic heterocycles. The molecular weight excluding hydrogens is 376 g/mol. The van der Waals surface area contributed by atoms with Crippen LogP contribution in [-0.4, -0.2) is 43.1 Å². The van der Waals surface area contributed by atoms with Crippen LogP contribution >= 0.6 is 23.7 Å². The predicted octanol–water partition coefficient (Wildman–Crippen LogP) is 4.75. The SMILES string of the molecule is CC(C(=C=O)c1csc2ccccc12)N1CCN(c2ccccc2)CC1.Cl. The highest BCUT2D eigenvalue weighted by molar-refractivity contribution is 7.17. The van der Waals surface area contributed by atoms with Gasteiger partial charge in [0, 0.05) is 58.9 Å². The van der Waals surface area contributed by atoms with Gasteiger partial charge in [0.05, 0.1) is 5.57 Å². The molecule has 0 radical (unpaired) electrons. The zero-order valence-corrected chi connectivity index (χ0v) is 16.9. The summed E-state index contributed by atoms with van der Waals surface area (Å²) in [7, 11) is 0. The van der Waals surface area contributed by atoms with Crippen molar-refractivity contribution in [2.24, 2.45) is 0 Å². The van der Waals surface area contributed by atoms with E-state index in [0.29, 0.717) is 0 Å². The lowest BCUT2D eigenvalue weighted by Crippen LogP contribution is -2.50. The number of nitrogens with zero attached hydrogens (tertiary/aromatic N) is 2. The molecule has 1 aromatic heterocycles. The van der Waals surface area contributed by atoms with Crippen molar-refractivity contribution in [2.75, 3.05) is 31.1 Å². The van der Waals surface area contributed by atoms with Gasteiger partial charge in [-0.15, -0.1) is 23.7 Å². The first-order chi connectivity index (χ1) is 12.8. The maximum Gasteiger partial charge on any atom is 0.130 e. The van der Waals surface area contributed by atoms with Crippen LogP contribution in [-0.2, 0) is 4.79 Å². The maximum atomic E-state index is 11.8. The largest absolute Gasteiger partial charge is 0.369 e. The molecule has 1 unspecified atom stereocenters. The Kier molecular flexibility index (Phi) is 6.35. The fourth-order valence-electron chi connectivity index (χ4n) is 3.74. The minimum Gasteiger partial charge on any atom is -0.369 e. The lowest BCUT2D eigenvalue weighted by atomic mass is 9.98. The van der Waals surface area contributed by atoms with Gasteiger partial charge in [-0.2, -0.15) is 0 Å². The lowest BCUT2D eigenvalue weighted by Gasteiger charge is -2.39. The molecule has 1 saturated heterocycles. The van der Waals surface area contributed by atoms with Crippen LogP contribution in [0.3, 0.4) is 0 Å². The summed E-state index contributed by atoms with van der Waals surface area (Å²) in [6, 6.07) is 18.9. The molecule has 3 aromatic rings. The van der Waals surface area contributed by atoms with Crippen molar-refractivity contribution in [1.29, 1.82) is 0 Å². The molecular formula is C22H23ClN2OS. The Morgan fingerprint density at radius 2 is 1.67 bits per heavy atom. The highest BCUT2D eigenvalue weighted by atomic mass is 35.5. The van der Waals surface area contributed by atoms with Crippen molar-refractivity contribution in [3.05, 3.63) is 65.5 Å². The number of halogens is 1. The number of thiophene rings is 1. The number of fused-ring (bicyclic) bond motifs is 1. The number of rotatable bonds is 4. The van der Waals surface area contributed by atoms with E-state index in [1.54, 1.807) is 11.3 Å². The molecule has 0 N–H and O–H groups in total. The fourth-order valence-corrected chi connectivity index (χ4v) is 4.70. The second-order valence-electron chi connectivity index (χ2n) is 6.70. The van der Waals surface area contributed by atoms with Crippen LogP contribution in [0, 0.1) is 0 Å². The molecule has 2 aromatic carbocycles. The number of benzene rings is 2. The Morgan fingerprint density at radius 1 is 1.00 bits per heavy atom. The summed E-state index contributed by atoms with van der Waals surface area (Å²) >= 11 is 1.69. The topological polar surface area (TPSA) is 23.6 Å². The summed E-state index contributed by atoms with van der Waals surface area (Å²) in [5.74, 6) is 2.25. The van der Waals surface area contributed by atoms with Crippen molar-refractivity contribution in [2.45, 2.75) is 13.0 Å². The molecule has 1 fully saturated rings. The normalized spacial score (nSPS) is 15.8. The van der Waals surface area contributed by atoms with Gasteiger partial charge in [-0.1, -0.05) is 36.4 Å². The van der Waals surface area contributed by atoms with E-state index >= 15 is 0 Å². The summed E-state index contributed by atoms with van der Waals surface area (Å²) < 4.78 is 1.22. The van der Waals surface area contributed by atoms with Crippen molar-refractivity contribution in [3.63, 3.8) is 0 Å². The molecule has 2 heterocycles. The molecule has 0 amide bonds. The van der Waals surface area contributed by atoms with E-state index in [2.05, 4.69) is 64.4 Å². The molecule has 0 bridgehead atoms. The first kappa shape index (κ1) is 19.7. The Hall–Kier alpha value is -2.10. The number of anilines is 1. The third kappa shape index (κ3) is 3.95. The molecule has 3 nitrogen and oxygen atoms in total. The van der Waals surface area contributed by atoms with Crippen LogP contribution in [0.1, 0.15) is 12.5 Å². The monoisotopic (exact) mass is 398 g/mol. The average Bonchev–Trinajstić information content (AvgIpc) is 3.13. The molecule has 140 valence electrons. The molecule has 0 saturated carbocycles. The van der Waals surface area contributed by atoms with Crippen LogP contribution in [0.2, 0.25) is 0 Å². The van der Waals surface area contributed by atoms with Crippen molar-refractivity contribution >= 4 is 51.0 Å². The standard InChI is InChI=1S/C22H22N2OS.ClH/c1-17(20(15-25)21-16-26-22-10-6-5-9-19(21)22)23-11-13-24(14-12-23)18-7-3-2-4-8-18;/h2-10,16-17H,11-14H2,1H3;1H. The number of para-hydroxylation sites is 1. The van der Waals surface area contributed by atoms with E-state index in [1.807, 2.05) is 18.2 Å². The first-order valence-corrected chi connectivity index (χ1v) is 9.91. The quantitative estimate of drug-likeness (QED) is 0.592. The highest BCUT2D eigenvalue weighted by Gasteiger charge is 2.26. The van der Waals surface area contributed by atoms with Crippen LogP contribution in [0.25, 0.3) is 15.7 Å². The second-order valence-corrected chi connectivity index (χ2v) is 7.61. The third-order valence-corrected chi connectivity index (χ3v) is 6.25. The van der Waals surface area contributed by atoms with Gasteiger partial charge in [0.15, 0.2) is 0 Å². The van der Waals surface area contributed by atoms with E-state index in [1.165, 1.54) is 10.4 Å².